The van der Waals surface area contributed by atoms with Gasteiger partial charge in [0.25, 0.3) is 0 Å². The molecule has 11 heterocycles. The van der Waals surface area contributed by atoms with Crippen LogP contribution in [0, 0.1) is 44.0 Å². The van der Waals surface area contributed by atoms with E-state index in [2.05, 4.69) is 67.9 Å². The maximum Gasteiger partial charge on any atom is 0.152 e. The standard InChI is InChI=1S/C22H23BrFN3O3.C22H25FN4O3.C21H22Cl2N4O3.C21H22F2N4O3/c1-11-19-14(23)9-27(22(19)26-10-25-11)16-8-18(21(29)20(16)28)30-17-7-6-15(24)12-4-2-3-5-13(12)17;1-11-5-13-3-4-24-8-14(13)18(6-11)30-19-7-17(20(28)21(19)29)27-10-16(23)15-9-25-12(2)26-22(15)27;22-11-5-10-1-3-25-8-12(10)16(6-11)30-17-7-15(19(28)20(17)29)27-9-13(23)18-14(24)2-4-26-21(18)27;22-12-1-2-16(11-8-25-5-3-10(11)12)30-17-7-15(19(28)20(17)29)27-9-13(23)18-14(24)4-6-26-21(18)27/h6-7,9-10,16,18,20-21,28-29H,2-5,8H2,1H3;5-6,9-10,17,19-21,24,28-29H,3-4,7-8H2,1-2H3;2,4-6,9,15,17,19-20,25,28-29H,1,3,7-8H2,(H2,24,26);1-2,4,6,9,15,17,19-20,25,28-29H,3,5,7-8H2,(H2,24,26)/t16?,18?,20-,21+;17?,19?,20-,21+;2*15?,17?,19-,20+/m0000/s1. The van der Waals surface area contributed by atoms with E-state index in [-0.39, 0.29) is 29.1 Å². The maximum atomic E-state index is 14.5. The molecule has 27 nitrogen and oxygen atoms in total. The minimum atomic E-state index is -1.20. The Balaban J connectivity index is 0.000000114. The number of hydrogen-bond acceptors (Lipinski definition) is 23. The van der Waals surface area contributed by atoms with Crippen LogP contribution in [0.2, 0.25) is 10.0 Å². The van der Waals surface area contributed by atoms with E-state index in [1.165, 1.54) is 59.4 Å². The Kier molecular flexibility index (Phi) is 23.6. The number of pyridine rings is 2. The summed E-state index contributed by atoms with van der Waals surface area (Å²) in [4.78, 5) is 25.6. The molecule has 4 saturated carbocycles. The number of halogens is 7. The molecule has 632 valence electrons. The van der Waals surface area contributed by atoms with E-state index in [4.69, 9.17) is 53.6 Å². The molecule has 15 N–H and O–H groups in total. The molecule has 0 amide bonds. The number of nitrogens with zero attached hydrogens (tertiary/aromatic N) is 10. The van der Waals surface area contributed by atoms with E-state index in [1.807, 2.05) is 36.7 Å². The van der Waals surface area contributed by atoms with Gasteiger partial charge in [0.15, 0.2) is 11.6 Å². The van der Waals surface area contributed by atoms with E-state index in [9.17, 15) is 58.4 Å². The molecule has 12 aromatic rings. The third-order valence-corrected chi connectivity index (χ3v) is 25.9. The number of aliphatic hydroxyl groups is 8. The maximum absolute atomic E-state index is 14.5. The number of benzene rings is 4. The fourth-order valence-corrected chi connectivity index (χ4v) is 19.9. The van der Waals surface area contributed by atoms with Crippen LogP contribution >= 0.6 is 39.1 Å². The SMILES string of the molecule is Cc1cc2c(c(OC3CC(n4cc(F)c5cnc(C)nc54)[C@H](O)[C@@H]3O)c1)CNCC2.Cc1ncnc2c1c(Br)cn2C1CC(Oc2ccc(F)c3c2CCCC3)[C@@H](O)[C@H]1O.Nc1ccnc2c1c(Cl)cn2C1CC(Oc2cc(Cl)cc3c2CNCC3)[C@@H](O)[C@H]1O.Nc1ccnc2c1c(F)cn2C1CC(Oc2ccc(F)c3c2CNCC3)[C@@H](O)[C@H]1O. The smallest absolute Gasteiger partial charge is 0.152 e. The van der Waals surface area contributed by atoms with Crippen molar-refractivity contribution in [3.8, 4) is 23.0 Å². The number of ether oxygens (including phenoxy) is 4. The topological polar surface area (TPSA) is 384 Å². The van der Waals surface area contributed by atoms with Crippen LogP contribution in [-0.4, -0.2) is 182 Å². The first kappa shape index (κ1) is 82.9. The summed E-state index contributed by atoms with van der Waals surface area (Å²) in [6.07, 6.45) is 7.96. The molecule has 8 aromatic heterocycles. The lowest BCUT2D eigenvalue weighted by atomic mass is 9.90. The summed E-state index contributed by atoms with van der Waals surface area (Å²) in [6.45, 7) is 10.0. The van der Waals surface area contributed by atoms with E-state index in [1.54, 1.807) is 52.7 Å². The number of nitrogen functional groups attached to an aromatic ring is 2. The summed E-state index contributed by atoms with van der Waals surface area (Å²) in [5.41, 5.74) is 24.1. The first-order valence-electron chi connectivity index (χ1n) is 40.3. The fourth-order valence-electron chi connectivity index (χ4n) is 18.7. The van der Waals surface area contributed by atoms with Crippen molar-refractivity contribution in [3.63, 3.8) is 0 Å². The molecule has 5 aliphatic carbocycles. The van der Waals surface area contributed by atoms with Gasteiger partial charge in [-0.1, -0.05) is 29.3 Å². The highest BCUT2D eigenvalue weighted by molar-refractivity contribution is 9.10. The number of aromatic nitrogens is 10. The molecule has 4 fully saturated rings. The van der Waals surface area contributed by atoms with Crippen molar-refractivity contribution in [1.29, 1.82) is 0 Å². The molecule has 4 aromatic carbocycles. The third kappa shape index (κ3) is 15.6. The predicted octanol–water partition coefficient (Wildman–Crippen LogP) is 9.92. The molecule has 0 spiro atoms. The van der Waals surface area contributed by atoms with Crippen molar-refractivity contribution in [2.45, 2.75) is 208 Å². The fraction of sp³-hybridized carbons (Fsp3) is 0.419. The minimum Gasteiger partial charge on any atom is -0.487 e. The number of aliphatic hydroxyl groups excluding tert-OH is 8. The van der Waals surface area contributed by atoms with Crippen molar-refractivity contribution in [3.05, 3.63) is 210 Å². The number of nitrogens with one attached hydrogen (secondary N) is 3. The first-order chi connectivity index (χ1) is 57.8. The van der Waals surface area contributed by atoms with Crippen LogP contribution in [0.25, 0.3) is 44.1 Å². The van der Waals surface area contributed by atoms with Gasteiger partial charge in [-0.15, -0.1) is 0 Å². The highest BCUT2D eigenvalue weighted by Crippen LogP contribution is 2.46. The molecular formula is C86H92BrCl2F4N15O12. The molecule has 34 heteroatoms. The predicted molar refractivity (Wildman–Crippen MR) is 444 cm³/mol. The van der Waals surface area contributed by atoms with Gasteiger partial charge < -0.3 is 105 Å². The number of nitrogens with two attached hydrogens (primary N) is 2. The lowest BCUT2D eigenvalue weighted by molar-refractivity contribution is -0.0167. The van der Waals surface area contributed by atoms with E-state index >= 15 is 0 Å². The van der Waals surface area contributed by atoms with Gasteiger partial charge in [-0.3, -0.25) is 0 Å². The van der Waals surface area contributed by atoms with E-state index in [0.717, 1.165) is 105 Å². The van der Waals surface area contributed by atoms with Crippen molar-refractivity contribution in [2.24, 2.45) is 0 Å². The van der Waals surface area contributed by atoms with Gasteiger partial charge in [0.2, 0.25) is 0 Å². The molecule has 120 heavy (non-hydrogen) atoms. The Bertz CT molecular complexity index is 5610. The van der Waals surface area contributed by atoms with Gasteiger partial charge in [-0.2, -0.15) is 0 Å². The zero-order chi connectivity index (χ0) is 84.0. The van der Waals surface area contributed by atoms with Gasteiger partial charge in [-0.05, 0) is 184 Å². The second kappa shape index (κ2) is 34.2. The molecule has 3 aliphatic heterocycles. The second-order valence-electron chi connectivity index (χ2n) is 32.2. The normalized spacial score (nSPS) is 26.1. The third-order valence-electron chi connectivity index (χ3n) is 24.8. The van der Waals surface area contributed by atoms with Crippen LogP contribution in [-0.2, 0) is 51.7 Å². The summed E-state index contributed by atoms with van der Waals surface area (Å²) in [5.74, 6) is 1.51. The van der Waals surface area contributed by atoms with Crippen LogP contribution in [0.5, 0.6) is 23.0 Å². The Labute approximate surface area is 704 Å². The Morgan fingerprint density at radius 1 is 0.442 bits per heavy atom. The Morgan fingerprint density at radius 3 is 1.48 bits per heavy atom. The van der Waals surface area contributed by atoms with Crippen LogP contribution in [0.1, 0.15) is 124 Å². The van der Waals surface area contributed by atoms with Crippen molar-refractivity contribution < 1.29 is 77.4 Å². The summed E-state index contributed by atoms with van der Waals surface area (Å²) < 4.78 is 89.5. The van der Waals surface area contributed by atoms with Gasteiger partial charge in [0, 0.05) is 132 Å². The number of rotatable bonds is 12. The molecule has 0 saturated heterocycles. The van der Waals surface area contributed by atoms with E-state index < -0.39 is 109 Å². The summed E-state index contributed by atoms with van der Waals surface area (Å²) in [7, 11) is 0. The van der Waals surface area contributed by atoms with Crippen LogP contribution in [0.15, 0.2) is 115 Å². The number of hydrogen-bond donors (Lipinski definition) is 13. The average molecular weight is 1750 g/mol. The van der Waals surface area contributed by atoms with Gasteiger partial charge >= 0.3 is 0 Å². The van der Waals surface area contributed by atoms with Crippen LogP contribution < -0.4 is 46.4 Å². The quantitative estimate of drug-likeness (QED) is 0.0506. The molecular weight excluding hydrogens is 1660 g/mol. The first-order valence-corrected chi connectivity index (χ1v) is 41.9. The van der Waals surface area contributed by atoms with Gasteiger partial charge in [0.1, 0.15) is 143 Å². The Hall–Kier alpha value is -9.36. The number of anilines is 2. The molecule has 16 atom stereocenters. The summed E-state index contributed by atoms with van der Waals surface area (Å²) in [6, 6.07) is 15.0. The minimum absolute atomic E-state index is 0.183. The van der Waals surface area contributed by atoms with Crippen molar-refractivity contribution in [2.75, 3.05) is 31.1 Å². The lowest BCUT2D eigenvalue weighted by Crippen LogP contribution is -2.35. The molecule has 8 aliphatic rings. The number of aryl methyl sites for hydroxylation is 3. The van der Waals surface area contributed by atoms with Crippen LogP contribution in [0.4, 0.5) is 28.9 Å². The van der Waals surface area contributed by atoms with Crippen LogP contribution in [0.3, 0.4) is 0 Å². The number of fused-ring (bicyclic) bond motifs is 8. The molecule has 0 radical (unpaired) electrons. The van der Waals surface area contributed by atoms with Gasteiger partial charge in [0.05, 0.1) is 56.4 Å². The average Bonchev–Trinajstić information content (AvgIpc) is 1.62. The molecule has 0 bridgehead atoms. The lowest BCUT2D eigenvalue weighted by Gasteiger charge is -2.25. The summed E-state index contributed by atoms with van der Waals surface area (Å²) >= 11 is 16.2. The van der Waals surface area contributed by atoms with Gasteiger partial charge in [-0.25, -0.2) is 47.5 Å². The van der Waals surface area contributed by atoms with Crippen molar-refractivity contribution in [1.82, 2.24) is 64.1 Å². The van der Waals surface area contributed by atoms with E-state index in [0.29, 0.717) is 136 Å². The van der Waals surface area contributed by atoms with Crippen molar-refractivity contribution >= 4 is 94.6 Å². The molecule has 8 unspecified atom stereocenters. The highest BCUT2D eigenvalue weighted by atomic mass is 79.9. The molecule has 20 rings (SSSR count). The summed E-state index contributed by atoms with van der Waals surface area (Å²) in [5, 5.41) is 98.8. The zero-order valence-electron chi connectivity index (χ0n) is 65.6. The second-order valence-corrected chi connectivity index (χ2v) is 33.9. The Morgan fingerprint density at radius 2 is 0.900 bits per heavy atom. The largest absolute Gasteiger partial charge is 0.487 e. The zero-order valence-corrected chi connectivity index (χ0v) is 68.7. The highest BCUT2D eigenvalue weighted by Gasteiger charge is 2.49. The monoisotopic (exact) mass is 1750 g/mol.